The SMILES string of the molecule is CCN(CC)CC.CCN(CC)CC.CN(C)c1ccc2c(c1)Oc1cc(N(C)C)ccc1C2O[P+](=O)CCC(=O)O. The number of benzene rings is 2. The van der Waals surface area contributed by atoms with Crippen molar-refractivity contribution in [3.05, 3.63) is 47.5 Å². The Hall–Kier alpha value is -2.71. The van der Waals surface area contributed by atoms with Gasteiger partial charge >= 0.3 is 14.0 Å². The lowest BCUT2D eigenvalue weighted by Crippen LogP contribution is -2.21. The molecule has 1 atom stereocenters. The van der Waals surface area contributed by atoms with E-state index in [1.165, 1.54) is 39.3 Å². The summed E-state index contributed by atoms with van der Waals surface area (Å²) in [5.41, 5.74) is 3.49. The number of nitrogens with zero attached hydrogens (tertiary/aromatic N) is 4. The van der Waals surface area contributed by atoms with Gasteiger partial charge in [0.2, 0.25) is 0 Å². The van der Waals surface area contributed by atoms with Gasteiger partial charge in [0.05, 0.1) is 6.42 Å². The summed E-state index contributed by atoms with van der Waals surface area (Å²) >= 11 is 0. The van der Waals surface area contributed by atoms with Crippen molar-refractivity contribution in [3.63, 3.8) is 0 Å². The molecule has 0 radical (unpaired) electrons. The first-order chi connectivity index (χ1) is 19.9. The van der Waals surface area contributed by atoms with E-state index >= 15 is 0 Å². The zero-order valence-corrected chi connectivity index (χ0v) is 28.4. The van der Waals surface area contributed by atoms with Crippen molar-refractivity contribution in [2.75, 3.05) is 83.4 Å². The van der Waals surface area contributed by atoms with Crippen molar-refractivity contribution in [1.29, 1.82) is 0 Å². The molecule has 236 valence electrons. The van der Waals surface area contributed by atoms with Crippen LogP contribution in [0.4, 0.5) is 11.4 Å². The number of ether oxygens (including phenoxy) is 1. The summed E-state index contributed by atoms with van der Waals surface area (Å²) in [4.78, 5) is 19.5. The van der Waals surface area contributed by atoms with Crippen LogP contribution in [0, 0.1) is 0 Å². The summed E-state index contributed by atoms with van der Waals surface area (Å²) in [5.74, 6) is 0.286. The number of aliphatic carboxylic acids is 1. The minimum Gasteiger partial charge on any atom is -0.481 e. The van der Waals surface area contributed by atoms with Crippen LogP contribution >= 0.6 is 8.03 Å². The van der Waals surface area contributed by atoms with Crippen LogP contribution in [0.3, 0.4) is 0 Å². The molecule has 10 heteroatoms. The number of carboxylic acids is 1. The van der Waals surface area contributed by atoms with Gasteiger partial charge in [-0.3, -0.25) is 4.79 Å². The van der Waals surface area contributed by atoms with Crippen molar-refractivity contribution in [2.45, 2.75) is 54.1 Å². The molecule has 0 aliphatic carbocycles. The molecule has 0 bridgehead atoms. The quantitative estimate of drug-likeness (QED) is 0.244. The van der Waals surface area contributed by atoms with Crippen LogP contribution in [0.25, 0.3) is 0 Å². The molecule has 2 aromatic rings. The Morgan fingerprint density at radius 3 is 1.43 bits per heavy atom. The second-order valence-electron chi connectivity index (χ2n) is 10.3. The molecule has 1 aliphatic rings. The highest BCUT2D eigenvalue weighted by Gasteiger charge is 2.36. The number of hydrogen-bond donors (Lipinski definition) is 1. The van der Waals surface area contributed by atoms with Gasteiger partial charge in [-0.2, -0.15) is 0 Å². The Bertz CT molecular complexity index is 1020. The zero-order chi connectivity index (χ0) is 31.8. The van der Waals surface area contributed by atoms with E-state index in [9.17, 15) is 9.36 Å². The van der Waals surface area contributed by atoms with Crippen LogP contribution in [0.2, 0.25) is 0 Å². The van der Waals surface area contributed by atoms with Crippen molar-refractivity contribution in [2.24, 2.45) is 0 Å². The van der Waals surface area contributed by atoms with Crippen molar-refractivity contribution < 1.29 is 23.7 Å². The molecule has 1 heterocycles. The topological polar surface area (TPSA) is 85.8 Å². The maximum absolute atomic E-state index is 12.4. The fraction of sp³-hybridized carbons (Fsp3) is 0.594. The van der Waals surface area contributed by atoms with Crippen molar-refractivity contribution >= 4 is 25.4 Å². The van der Waals surface area contributed by atoms with Gasteiger partial charge in [0.25, 0.3) is 0 Å². The first-order valence-electron chi connectivity index (χ1n) is 15.0. The monoisotopic (exact) mass is 605 g/mol. The van der Waals surface area contributed by atoms with Gasteiger partial charge in [-0.15, -0.1) is 4.52 Å². The number of anilines is 2. The predicted molar refractivity (Wildman–Crippen MR) is 176 cm³/mol. The minimum absolute atomic E-state index is 0.0295. The average molecular weight is 606 g/mol. The van der Waals surface area contributed by atoms with Crippen LogP contribution in [0.1, 0.15) is 65.2 Å². The van der Waals surface area contributed by atoms with Crippen LogP contribution in [0.15, 0.2) is 36.4 Å². The van der Waals surface area contributed by atoms with E-state index in [0.717, 1.165) is 22.5 Å². The number of fused-ring (bicyclic) bond motifs is 2. The summed E-state index contributed by atoms with van der Waals surface area (Å²) in [6.45, 7) is 20.2. The summed E-state index contributed by atoms with van der Waals surface area (Å²) in [5, 5.41) is 8.84. The Balaban J connectivity index is 0.000000522. The molecule has 0 aromatic heterocycles. The highest BCUT2D eigenvalue weighted by molar-refractivity contribution is 7.39. The summed E-state index contributed by atoms with van der Waals surface area (Å²) in [6.07, 6.45) is -0.807. The summed E-state index contributed by atoms with van der Waals surface area (Å²) in [7, 11) is 5.64. The van der Waals surface area contributed by atoms with Gasteiger partial charge < -0.3 is 29.4 Å². The van der Waals surface area contributed by atoms with Crippen LogP contribution < -0.4 is 14.5 Å². The first kappa shape index (κ1) is 37.3. The van der Waals surface area contributed by atoms with E-state index in [1.54, 1.807) is 0 Å². The van der Waals surface area contributed by atoms with E-state index < -0.39 is 20.1 Å². The van der Waals surface area contributed by atoms with Crippen molar-refractivity contribution in [1.82, 2.24) is 9.80 Å². The smallest absolute Gasteiger partial charge is 0.481 e. The maximum atomic E-state index is 12.4. The molecule has 1 N–H and O–H groups in total. The Kier molecular flexibility index (Phi) is 17.3. The van der Waals surface area contributed by atoms with Gasteiger partial charge in [-0.05, 0) is 56.0 Å². The molecule has 0 saturated heterocycles. The lowest BCUT2D eigenvalue weighted by molar-refractivity contribution is -0.136. The second kappa shape index (κ2) is 19.5. The number of carbonyl (C=O) groups is 1. The summed E-state index contributed by atoms with van der Waals surface area (Å²) in [6, 6.07) is 11.5. The predicted octanol–water partition coefficient (Wildman–Crippen LogP) is 6.94. The molecule has 42 heavy (non-hydrogen) atoms. The molecule has 0 saturated carbocycles. The highest BCUT2D eigenvalue weighted by atomic mass is 31.1. The number of carboxylic acid groups (broad SMARTS) is 1. The Labute approximate surface area is 255 Å². The van der Waals surface area contributed by atoms with Crippen LogP contribution in [-0.4, -0.2) is 94.5 Å². The van der Waals surface area contributed by atoms with Crippen LogP contribution in [-0.2, 0) is 13.9 Å². The van der Waals surface area contributed by atoms with Gasteiger partial charge in [0, 0.05) is 62.8 Å². The first-order valence-corrected chi connectivity index (χ1v) is 16.4. The maximum Gasteiger partial charge on any atom is 0.509 e. The molecule has 0 amide bonds. The highest BCUT2D eigenvalue weighted by Crippen LogP contribution is 2.50. The molecule has 9 nitrogen and oxygen atoms in total. The van der Waals surface area contributed by atoms with Gasteiger partial charge in [-0.25, -0.2) is 0 Å². The van der Waals surface area contributed by atoms with E-state index in [2.05, 4.69) is 51.3 Å². The fourth-order valence-corrected chi connectivity index (χ4v) is 5.25. The number of rotatable bonds is 13. The van der Waals surface area contributed by atoms with Gasteiger partial charge in [0.15, 0.2) is 12.3 Å². The molecule has 0 spiro atoms. The third-order valence-electron chi connectivity index (χ3n) is 7.23. The Morgan fingerprint density at radius 1 is 0.762 bits per heavy atom. The minimum atomic E-state index is -2.13. The second-order valence-corrected chi connectivity index (χ2v) is 11.6. The molecule has 1 unspecified atom stereocenters. The van der Waals surface area contributed by atoms with E-state index in [4.69, 9.17) is 14.4 Å². The third kappa shape index (κ3) is 11.9. The fourth-order valence-electron chi connectivity index (χ4n) is 4.31. The van der Waals surface area contributed by atoms with E-state index in [-0.39, 0.29) is 12.6 Å². The summed E-state index contributed by atoms with van der Waals surface area (Å²) < 4.78 is 24.4. The standard InChI is InChI=1S/C20H23N2O5P.2C6H15N/c1-21(2)13-5-7-15-17(11-13)26-18-12-14(22(3)4)6-8-16(18)20(15)27-28(25)10-9-19(23)24;2*1-4-7(5-2)6-3/h5-8,11-12,20H,9-10H2,1-4H3;2*4-6H2,1-3H3/p+1. The van der Waals surface area contributed by atoms with E-state index in [0.29, 0.717) is 11.5 Å². The Morgan fingerprint density at radius 2 is 1.14 bits per heavy atom. The average Bonchev–Trinajstić information content (AvgIpc) is 2.97. The molecule has 0 fully saturated rings. The molecular formula is C32H54N4O5P+. The van der Waals surface area contributed by atoms with Gasteiger partial charge in [0.1, 0.15) is 11.5 Å². The van der Waals surface area contributed by atoms with Crippen LogP contribution in [0.5, 0.6) is 11.5 Å². The molecule has 2 aromatic carbocycles. The lowest BCUT2D eigenvalue weighted by atomic mass is 9.96. The van der Waals surface area contributed by atoms with E-state index in [1.807, 2.05) is 74.4 Å². The number of hydrogen-bond acceptors (Lipinski definition) is 8. The molecule has 1 aliphatic heterocycles. The largest absolute Gasteiger partial charge is 0.509 e. The normalized spacial score (nSPS) is 12.2. The van der Waals surface area contributed by atoms with Crippen molar-refractivity contribution in [3.8, 4) is 11.5 Å². The third-order valence-corrected chi connectivity index (χ3v) is 8.26. The lowest BCUT2D eigenvalue weighted by Gasteiger charge is -2.27. The molecule has 3 rings (SSSR count). The molecular weight excluding hydrogens is 551 g/mol. The zero-order valence-electron chi connectivity index (χ0n) is 27.5. The van der Waals surface area contributed by atoms with Gasteiger partial charge in [-0.1, -0.05) is 53.7 Å².